The highest BCUT2D eigenvalue weighted by molar-refractivity contribution is 5.99. The Morgan fingerprint density at radius 1 is 1.07 bits per heavy atom. The summed E-state index contributed by atoms with van der Waals surface area (Å²) >= 11 is 0. The van der Waals surface area contributed by atoms with E-state index in [2.05, 4.69) is 15.4 Å². The molecule has 29 heavy (non-hydrogen) atoms. The molecule has 4 aromatic rings. The Bertz CT molecular complexity index is 1140. The van der Waals surface area contributed by atoms with Crippen molar-refractivity contribution < 1.29 is 9.18 Å². The molecule has 1 N–H and O–H groups in total. The second kappa shape index (κ2) is 8.06. The average molecular weight is 386 g/mol. The van der Waals surface area contributed by atoms with Gasteiger partial charge in [-0.1, -0.05) is 29.8 Å². The molecule has 0 atom stereocenters. The summed E-state index contributed by atoms with van der Waals surface area (Å²) in [5.41, 5.74) is 4.35. The predicted octanol–water partition coefficient (Wildman–Crippen LogP) is 4.31. The number of pyridine rings is 1. The lowest BCUT2D eigenvalue weighted by Crippen LogP contribution is -2.23. The minimum Gasteiger partial charge on any atom is -0.346 e. The van der Waals surface area contributed by atoms with Gasteiger partial charge in [0, 0.05) is 18.0 Å². The maximum atomic E-state index is 13.3. The largest absolute Gasteiger partial charge is 0.346 e. The van der Waals surface area contributed by atoms with E-state index >= 15 is 0 Å². The molecule has 0 saturated carbocycles. The molecule has 6 heteroatoms. The first-order valence-electron chi connectivity index (χ1n) is 9.21. The summed E-state index contributed by atoms with van der Waals surface area (Å²) in [4.78, 5) is 17.2. The lowest BCUT2D eigenvalue weighted by atomic mass is 10.1. The maximum absolute atomic E-state index is 13.3. The van der Waals surface area contributed by atoms with Crippen LogP contribution in [0.5, 0.6) is 0 Å². The van der Waals surface area contributed by atoms with Gasteiger partial charge in [-0.2, -0.15) is 5.10 Å². The predicted molar refractivity (Wildman–Crippen MR) is 109 cm³/mol. The molecule has 5 nitrogen and oxygen atoms in total. The molecule has 0 aliphatic heterocycles. The number of carbonyl (C=O) groups excluding carboxylic acids is 1. The first kappa shape index (κ1) is 18.6. The number of carbonyl (C=O) groups is 1. The fourth-order valence-electron chi connectivity index (χ4n) is 3.04. The van der Waals surface area contributed by atoms with Crippen LogP contribution in [0.2, 0.25) is 0 Å². The molecular formula is C23H19FN4O. The zero-order chi connectivity index (χ0) is 20.2. The third kappa shape index (κ3) is 4.21. The minimum atomic E-state index is -0.326. The maximum Gasteiger partial charge on any atom is 0.255 e. The molecule has 0 aliphatic rings. The van der Waals surface area contributed by atoms with E-state index in [1.165, 1.54) is 12.1 Å². The Kier molecular flexibility index (Phi) is 5.16. The first-order chi connectivity index (χ1) is 14.1. The molecule has 0 saturated heterocycles. The van der Waals surface area contributed by atoms with E-state index in [4.69, 9.17) is 0 Å². The molecule has 0 unspecified atom stereocenters. The second-order valence-corrected chi connectivity index (χ2v) is 6.69. The summed E-state index contributed by atoms with van der Waals surface area (Å²) in [7, 11) is 0. The van der Waals surface area contributed by atoms with Crippen LogP contribution in [-0.4, -0.2) is 20.7 Å². The van der Waals surface area contributed by atoms with Crippen LogP contribution in [0.4, 0.5) is 4.39 Å². The van der Waals surface area contributed by atoms with Gasteiger partial charge >= 0.3 is 0 Å². The van der Waals surface area contributed by atoms with Crippen molar-refractivity contribution in [3.8, 4) is 16.9 Å². The minimum absolute atomic E-state index is 0.250. The normalized spacial score (nSPS) is 10.7. The van der Waals surface area contributed by atoms with Gasteiger partial charge in [0.2, 0.25) is 0 Å². The van der Waals surface area contributed by atoms with Crippen molar-refractivity contribution >= 4 is 5.91 Å². The van der Waals surface area contributed by atoms with Gasteiger partial charge in [-0.15, -0.1) is 0 Å². The van der Waals surface area contributed by atoms with E-state index in [0.717, 1.165) is 16.8 Å². The molecule has 1 amide bonds. The van der Waals surface area contributed by atoms with Gasteiger partial charge in [-0.3, -0.25) is 9.78 Å². The van der Waals surface area contributed by atoms with Crippen LogP contribution in [0.3, 0.4) is 0 Å². The number of aryl methyl sites for hydroxylation is 1. The van der Waals surface area contributed by atoms with Crippen LogP contribution in [0, 0.1) is 12.7 Å². The molecule has 0 radical (unpaired) electrons. The van der Waals surface area contributed by atoms with E-state index < -0.39 is 0 Å². The van der Waals surface area contributed by atoms with E-state index in [9.17, 15) is 9.18 Å². The van der Waals surface area contributed by atoms with E-state index in [-0.39, 0.29) is 11.7 Å². The highest BCUT2D eigenvalue weighted by Gasteiger charge is 2.19. The Hall–Kier alpha value is -3.80. The fourth-order valence-corrected chi connectivity index (χ4v) is 3.04. The Balaban J connectivity index is 1.70. The average Bonchev–Trinajstić information content (AvgIpc) is 3.19. The summed E-state index contributed by atoms with van der Waals surface area (Å²) in [6, 6.07) is 19.3. The number of rotatable bonds is 5. The molecule has 0 spiro atoms. The highest BCUT2D eigenvalue weighted by atomic mass is 19.1. The quantitative estimate of drug-likeness (QED) is 0.556. The molecular weight excluding hydrogens is 367 g/mol. The lowest BCUT2D eigenvalue weighted by Gasteiger charge is -2.05. The summed E-state index contributed by atoms with van der Waals surface area (Å²) in [6.07, 6.45) is 3.35. The zero-order valence-corrected chi connectivity index (χ0v) is 15.8. The molecule has 2 heterocycles. The second-order valence-electron chi connectivity index (χ2n) is 6.69. The topological polar surface area (TPSA) is 59.8 Å². The van der Waals surface area contributed by atoms with Crippen LogP contribution < -0.4 is 5.32 Å². The van der Waals surface area contributed by atoms with Crippen LogP contribution in [0.1, 0.15) is 21.6 Å². The van der Waals surface area contributed by atoms with Crippen LogP contribution in [-0.2, 0) is 6.54 Å². The van der Waals surface area contributed by atoms with Crippen LogP contribution in [0.25, 0.3) is 16.9 Å². The number of hydrogen-bond acceptors (Lipinski definition) is 3. The van der Waals surface area contributed by atoms with E-state index in [1.54, 1.807) is 29.2 Å². The van der Waals surface area contributed by atoms with Crippen molar-refractivity contribution in [1.29, 1.82) is 0 Å². The number of amides is 1. The van der Waals surface area contributed by atoms with Gasteiger partial charge in [-0.25, -0.2) is 9.07 Å². The van der Waals surface area contributed by atoms with Crippen molar-refractivity contribution in [3.63, 3.8) is 0 Å². The fraction of sp³-hybridized carbons (Fsp3) is 0.0870. The van der Waals surface area contributed by atoms with E-state index in [1.807, 2.05) is 49.4 Å². The number of benzene rings is 2. The Morgan fingerprint density at radius 3 is 2.62 bits per heavy atom. The van der Waals surface area contributed by atoms with Gasteiger partial charge in [-0.05, 0) is 49.4 Å². The van der Waals surface area contributed by atoms with Crippen molar-refractivity contribution in [1.82, 2.24) is 20.1 Å². The number of hydrogen-bond donors (Lipinski definition) is 1. The Morgan fingerprint density at radius 2 is 1.90 bits per heavy atom. The summed E-state index contributed by atoms with van der Waals surface area (Å²) < 4.78 is 14.9. The summed E-state index contributed by atoms with van der Waals surface area (Å²) in [5.74, 6) is -0.575. The molecule has 0 aliphatic carbocycles. The summed E-state index contributed by atoms with van der Waals surface area (Å²) in [6.45, 7) is 2.30. The summed E-state index contributed by atoms with van der Waals surface area (Å²) in [5, 5.41) is 7.51. The number of nitrogens with one attached hydrogen (secondary N) is 1. The molecule has 2 aromatic heterocycles. The van der Waals surface area contributed by atoms with Crippen LogP contribution in [0.15, 0.2) is 79.1 Å². The zero-order valence-electron chi connectivity index (χ0n) is 15.8. The van der Waals surface area contributed by atoms with Gasteiger partial charge in [0.15, 0.2) is 0 Å². The molecule has 0 fully saturated rings. The van der Waals surface area contributed by atoms with Crippen molar-refractivity contribution in [3.05, 3.63) is 102 Å². The third-order valence-electron chi connectivity index (χ3n) is 4.50. The number of aromatic nitrogens is 3. The molecule has 2 aromatic carbocycles. The van der Waals surface area contributed by atoms with Crippen molar-refractivity contribution in [2.45, 2.75) is 13.5 Å². The van der Waals surface area contributed by atoms with Gasteiger partial charge in [0.05, 0.1) is 23.5 Å². The third-order valence-corrected chi connectivity index (χ3v) is 4.50. The molecule has 144 valence electrons. The molecule has 0 bridgehead atoms. The SMILES string of the molecule is Cc1cccc(-c2nn(-c3ccc(F)cc3)cc2C(=O)NCc2ccccn2)c1. The van der Waals surface area contributed by atoms with Crippen LogP contribution >= 0.6 is 0 Å². The van der Waals surface area contributed by atoms with Gasteiger partial charge in [0.1, 0.15) is 11.5 Å². The smallest absolute Gasteiger partial charge is 0.255 e. The highest BCUT2D eigenvalue weighted by Crippen LogP contribution is 2.25. The monoisotopic (exact) mass is 386 g/mol. The number of nitrogens with zero attached hydrogens (tertiary/aromatic N) is 3. The standard InChI is InChI=1S/C23H19FN4O/c1-16-5-4-6-17(13-16)22-21(23(29)26-14-19-7-2-3-12-25-19)15-28(27-22)20-10-8-18(24)9-11-20/h2-13,15H,14H2,1H3,(H,26,29). The van der Waals surface area contributed by atoms with E-state index in [0.29, 0.717) is 23.5 Å². The van der Waals surface area contributed by atoms with Gasteiger partial charge < -0.3 is 5.32 Å². The van der Waals surface area contributed by atoms with Crippen molar-refractivity contribution in [2.75, 3.05) is 0 Å². The van der Waals surface area contributed by atoms with Gasteiger partial charge in [0.25, 0.3) is 5.91 Å². The van der Waals surface area contributed by atoms with Crippen molar-refractivity contribution in [2.24, 2.45) is 0 Å². The molecule has 4 rings (SSSR count). The first-order valence-corrected chi connectivity index (χ1v) is 9.21. The number of halogens is 1. The Labute approximate surface area is 167 Å². The lowest BCUT2D eigenvalue weighted by molar-refractivity contribution is 0.0951.